The van der Waals surface area contributed by atoms with Crippen molar-refractivity contribution in [3.05, 3.63) is 36.2 Å². The summed E-state index contributed by atoms with van der Waals surface area (Å²) in [4.78, 5) is -0.114. The van der Waals surface area contributed by atoms with Crippen LogP contribution in [0.5, 0.6) is 0 Å². The Kier molecular flexibility index (Phi) is 5.43. The van der Waals surface area contributed by atoms with E-state index in [1.165, 1.54) is 12.1 Å². The number of halogens is 1. The lowest BCUT2D eigenvalue weighted by Gasteiger charge is -2.04. The van der Waals surface area contributed by atoms with Crippen LogP contribution in [-0.4, -0.2) is 35.4 Å². The lowest BCUT2D eigenvalue weighted by molar-refractivity contribution is 0.581. The van der Waals surface area contributed by atoms with Gasteiger partial charge in [0.1, 0.15) is 11.6 Å². The van der Waals surface area contributed by atoms with E-state index in [4.69, 9.17) is 5.73 Å². The van der Waals surface area contributed by atoms with Gasteiger partial charge in [0.25, 0.3) is 0 Å². The molecule has 1 aromatic rings. The van der Waals surface area contributed by atoms with Crippen LogP contribution >= 0.6 is 0 Å². The van der Waals surface area contributed by atoms with Crippen LogP contribution in [0.1, 0.15) is 6.42 Å². The molecule has 0 saturated carbocycles. The number of benzene rings is 1. The Hall–Kier alpha value is -1.25. The molecule has 0 fully saturated rings. The van der Waals surface area contributed by atoms with Gasteiger partial charge in [-0.25, -0.2) is 21.2 Å². The van der Waals surface area contributed by atoms with Crippen LogP contribution < -0.4 is 5.73 Å². The van der Waals surface area contributed by atoms with Crippen molar-refractivity contribution in [3.63, 3.8) is 0 Å². The molecule has 0 bridgehead atoms. The minimum Gasteiger partial charge on any atom is -0.330 e. The quantitative estimate of drug-likeness (QED) is 0.845. The van der Waals surface area contributed by atoms with Crippen molar-refractivity contribution in [3.8, 4) is 0 Å². The van der Waals surface area contributed by atoms with Gasteiger partial charge in [0.05, 0.1) is 9.79 Å². The van der Waals surface area contributed by atoms with Crippen LogP contribution in [-0.2, 0) is 19.7 Å². The van der Waals surface area contributed by atoms with Crippen molar-refractivity contribution in [2.45, 2.75) is 16.2 Å². The summed E-state index contributed by atoms with van der Waals surface area (Å²) in [6.07, 6.45) is 2.41. The maximum absolute atomic E-state index is 13.4. The van der Waals surface area contributed by atoms with Crippen molar-refractivity contribution in [2.75, 3.05) is 18.6 Å². The molecule has 0 spiro atoms. The van der Waals surface area contributed by atoms with Gasteiger partial charge in [-0.3, -0.25) is 0 Å². The zero-order valence-corrected chi connectivity index (χ0v) is 12.5. The van der Waals surface area contributed by atoms with E-state index < -0.39 is 31.3 Å². The van der Waals surface area contributed by atoms with Crippen LogP contribution in [0.2, 0.25) is 0 Å². The van der Waals surface area contributed by atoms with Crippen LogP contribution in [0.15, 0.2) is 46.0 Å². The van der Waals surface area contributed by atoms with E-state index >= 15 is 0 Å². The van der Waals surface area contributed by atoms with Gasteiger partial charge >= 0.3 is 0 Å². The zero-order valence-electron chi connectivity index (χ0n) is 10.9. The molecular weight excluding hydrogens is 305 g/mol. The fourth-order valence-electron chi connectivity index (χ4n) is 1.46. The molecule has 0 heterocycles. The lowest BCUT2D eigenvalue weighted by Crippen LogP contribution is -2.08. The fraction of sp³-hybridized carbons (Fsp3) is 0.333. The Morgan fingerprint density at radius 3 is 2.10 bits per heavy atom. The predicted octanol–water partition coefficient (Wildman–Crippen LogP) is 1.07. The number of hydrogen-bond acceptors (Lipinski definition) is 5. The molecule has 1 aromatic carbocycles. The van der Waals surface area contributed by atoms with Crippen LogP contribution in [0, 0.1) is 0 Å². The van der Waals surface area contributed by atoms with Gasteiger partial charge in [-0.15, -0.1) is 0 Å². The highest BCUT2D eigenvalue weighted by Crippen LogP contribution is 2.18. The van der Waals surface area contributed by atoms with Crippen molar-refractivity contribution < 1.29 is 21.2 Å². The first-order chi connectivity index (χ1) is 9.16. The molecule has 1 rings (SSSR count). The molecule has 0 unspecified atom stereocenters. The third-order valence-electron chi connectivity index (χ3n) is 2.47. The SMILES string of the molecule is CS(=O)(=O)c1ccc(S(=O)(=O)C/C(F)=C/CCN)cc1. The van der Waals surface area contributed by atoms with Crippen molar-refractivity contribution in [2.24, 2.45) is 5.73 Å². The number of sulfone groups is 2. The molecule has 0 aromatic heterocycles. The molecule has 0 amide bonds. The first kappa shape index (κ1) is 16.8. The normalized spacial score (nSPS) is 13.4. The van der Waals surface area contributed by atoms with E-state index in [-0.39, 0.29) is 22.8 Å². The van der Waals surface area contributed by atoms with Gasteiger partial charge in [-0.1, -0.05) is 6.08 Å². The van der Waals surface area contributed by atoms with Crippen LogP contribution in [0.4, 0.5) is 4.39 Å². The molecule has 8 heteroatoms. The molecule has 0 atom stereocenters. The van der Waals surface area contributed by atoms with Gasteiger partial charge in [0, 0.05) is 6.26 Å². The minimum absolute atomic E-state index is 0.00981. The summed E-state index contributed by atoms with van der Waals surface area (Å²) in [6.45, 7) is 0.233. The molecule has 0 saturated heterocycles. The predicted molar refractivity (Wildman–Crippen MR) is 74.5 cm³/mol. The van der Waals surface area contributed by atoms with Crippen LogP contribution in [0.25, 0.3) is 0 Å². The van der Waals surface area contributed by atoms with Gasteiger partial charge < -0.3 is 5.73 Å². The van der Waals surface area contributed by atoms with E-state index in [2.05, 4.69) is 0 Å². The van der Waals surface area contributed by atoms with Crippen LogP contribution in [0.3, 0.4) is 0 Å². The molecule has 2 N–H and O–H groups in total. The summed E-state index contributed by atoms with van der Waals surface area (Å²) < 4.78 is 59.7. The number of nitrogens with two attached hydrogens (primary N) is 1. The number of rotatable bonds is 6. The largest absolute Gasteiger partial charge is 0.330 e. The second-order valence-electron chi connectivity index (χ2n) is 4.23. The van der Waals surface area contributed by atoms with E-state index in [0.29, 0.717) is 0 Å². The second kappa shape index (κ2) is 6.47. The van der Waals surface area contributed by atoms with Crippen molar-refractivity contribution in [1.82, 2.24) is 0 Å². The van der Waals surface area contributed by atoms with E-state index in [1.807, 2.05) is 0 Å². The minimum atomic E-state index is -3.83. The highest BCUT2D eigenvalue weighted by Gasteiger charge is 2.18. The molecule has 5 nitrogen and oxygen atoms in total. The molecular formula is C12H16FNO4S2. The molecule has 20 heavy (non-hydrogen) atoms. The summed E-state index contributed by atoms with van der Waals surface area (Å²) in [5.41, 5.74) is 5.19. The molecule has 112 valence electrons. The zero-order chi connectivity index (χ0) is 15.4. The first-order valence-corrected chi connectivity index (χ1v) is 9.28. The third kappa shape index (κ3) is 4.69. The monoisotopic (exact) mass is 321 g/mol. The van der Waals surface area contributed by atoms with Crippen molar-refractivity contribution in [1.29, 1.82) is 0 Å². The highest BCUT2D eigenvalue weighted by molar-refractivity contribution is 7.91. The van der Waals surface area contributed by atoms with Gasteiger partial charge in [-0.05, 0) is 37.2 Å². The maximum Gasteiger partial charge on any atom is 0.184 e. The summed E-state index contributed by atoms with van der Waals surface area (Å²) in [5, 5.41) is 0. The third-order valence-corrected chi connectivity index (χ3v) is 5.25. The highest BCUT2D eigenvalue weighted by atomic mass is 32.2. The Morgan fingerprint density at radius 2 is 1.65 bits per heavy atom. The molecule has 0 aliphatic carbocycles. The summed E-state index contributed by atoms with van der Waals surface area (Å²) >= 11 is 0. The average molecular weight is 321 g/mol. The molecule has 0 aliphatic rings. The summed E-state index contributed by atoms with van der Waals surface area (Å²) in [7, 11) is -7.23. The summed E-state index contributed by atoms with van der Waals surface area (Å²) in [6, 6.07) is 4.68. The second-order valence-corrected chi connectivity index (χ2v) is 8.24. The molecule has 0 radical (unpaired) electrons. The van der Waals surface area contributed by atoms with Gasteiger partial charge in [-0.2, -0.15) is 0 Å². The smallest absolute Gasteiger partial charge is 0.184 e. The Morgan fingerprint density at radius 1 is 1.15 bits per heavy atom. The lowest BCUT2D eigenvalue weighted by atomic mass is 10.4. The Bertz CT molecular complexity index is 691. The van der Waals surface area contributed by atoms with Gasteiger partial charge in [0.2, 0.25) is 0 Å². The first-order valence-electron chi connectivity index (χ1n) is 5.74. The topological polar surface area (TPSA) is 94.3 Å². The molecule has 0 aliphatic heterocycles. The maximum atomic E-state index is 13.4. The Labute approximate surface area is 118 Å². The average Bonchev–Trinajstić information content (AvgIpc) is 2.35. The Balaban J connectivity index is 3.00. The van der Waals surface area contributed by atoms with E-state index in [0.717, 1.165) is 24.5 Å². The standard InChI is InChI=1S/C12H16FNO4S2/c1-19(15,16)11-4-6-12(7-5-11)20(17,18)9-10(13)3-2-8-14/h3-7H,2,8-9,14H2,1H3/b10-3-. The van der Waals surface area contributed by atoms with Crippen molar-refractivity contribution >= 4 is 19.7 Å². The van der Waals surface area contributed by atoms with Gasteiger partial charge in [0.15, 0.2) is 19.7 Å². The van der Waals surface area contributed by atoms with E-state index in [9.17, 15) is 21.2 Å². The van der Waals surface area contributed by atoms with E-state index in [1.54, 1.807) is 0 Å². The number of hydrogen-bond donors (Lipinski definition) is 1. The summed E-state index contributed by atoms with van der Waals surface area (Å²) in [5.74, 6) is -1.53. The fourth-order valence-corrected chi connectivity index (χ4v) is 3.29.